The van der Waals surface area contributed by atoms with Gasteiger partial charge in [0.2, 0.25) is 0 Å². The first-order valence-corrected chi connectivity index (χ1v) is 4.57. The van der Waals surface area contributed by atoms with Gasteiger partial charge in [-0.25, -0.2) is 4.79 Å². The summed E-state index contributed by atoms with van der Waals surface area (Å²) in [6, 6.07) is 4.01. The summed E-state index contributed by atoms with van der Waals surface area (Å²) in [5, 5.41) is 17.6. The number of hydrogen-bond acceptors (Lipinski definition) is 2. The van der Waals surface area contributed by atoms with Crippen LogP contribution in [0.2, 0.25) is 5.02 Å². The first-order valence-electron chi connectivity index (χ1n) is 4.19. The maximum absolute atomic E-state index is 10.7. The summed E-state index contributed by atoms with van der Waals surface area (Å²) in [5.41, 5.74) is 0.454. The van der Waals surface area contributed by atoms with Crippen molar-refractivity contribution in [2.45, 2.75) is 12.8 Å². The Balaban J connectivity index is 3.13. The number of hydrogen-bond donors (Lipinski definition) is 2. The minimum absolute atomic E-state index is 0.0429. The molecule has 0 heterocycles. The van der Waals surface area contributed by atoms with Gasteiger partial charge in [0.1, 0.15) is 0 Å². The van der Waals surface area contributed by atoms with Crippen LogP contribution >= 0.6 is 11.6 Å². The second kappa shape index (κ2) is 4.31. The van der Waals surface area contributed by atoms with Crippen molar-refractivity contribution >= 4 is 23.5 Å². The molecule has 1 aromatic rings. The lowest BCUT2D eigenvalue weighted by molar-refractivity contribution is -0.138. The van der Waals surface area contributed by atoms with E-state index < -0.39 is 17.9 Å². The van der Waals surface area contributed by atoms with Gasteiger partial charge in [-0.3, -0.25) is 4.79 Å². The van der Waals surface area contributed by atoms with Gasteiger partial charge in [-0.2, -0.15) is 0 Å². The molecule has 0 aliphatic rings. The van der Waals surface area contributed by atoms with E-state index in [-0.39, 0.29) is 10.6 Å². The van der Waals surface area contributed by atoms with Crippen LogP contribution in [-0.4, -0.2) is 22.2 Å². The van der Waals surface area contributed by atoms with Gasteiger partial charge < -0.3 is 10.2 Å². The number of benzene rings is 1. The molecule has 4 nitrogen and oxygen atoms in total. The Morgan fingerprint density at radius 2 is 1.93 bits per heavy atom. The molecule has 0 fully saturated rings. The Kier molecular flexibility index (Phi) is 3.31. The number of rotatable bonds is 3. The van der Waals surface area contributed by atoms with Crippen LogP contribution in [0, 0.1) is 0 Å². The molecule has 1 aromatic carbocycles. The van der Waals surface area contributed by atoms with E-state index in [1.165, 1.54) is 25.1 Å². The second-order valence-corrected chi connectivity index (χ2v) is 3.51. The molecule has 1 unspecified atom stereocenters. The topological polar surface area (TPSA) is 74.6 Å². The number of halogens is 1. The summed E-state index contributed by atoms with van der Waals surface area (Å²) >= 11 is 5.79. The molecule has 0 radical (unpaired) electrons. The minimum atomic E-state index is -1.09. The molecule has 0 bridgehead atoms. The Morgan fingerprint density at radius 1 is 1.33 bits per heavy atom. The van der Waals surface area contributed by atoms with E-state index in [1.54, 1.807) is 0 Å². The SMILES string of the molecule is CC(C(=O)O)c1ccc(C(=O)O)cc1Cl. The summed E-state index contributed by atoms with van der Waals surface area (Å²) in [6.07, 6.45) is 0. The quantitative estimate of drug-likeness (QED) is 0.832. The summed E-state index contributed by atoms with van der Waals surface area (Å²) in [6.45, 7) is 1.49. The molecule has 0 amide bonds. The van der Waals surface area contributed by atoms with E-state index in [1.807, 2.05) is 0 Å². The molecule has 1 rings (SSSR count). The van der Waals surface area contributed by atoms with Crippen molar-refractivity contribution in [3.63, 3.8) is 0 Å². The lowest BCUT2D eigenvalue weighted by atomic mass is 10.00. The highest BCUT2D eigenvalue weighted by molar-refractivity contribution is 6.32. The van der Waals surface area contributed by atoms with Crippen LogP contribution in [0.25, 0.3) is 0 Å². The van der Waals surface area contributed by atoms with E-state index in [4.69, 9.17) is 21.8 Å². The normalized spacial score (nSPS) is 12.1. The summed E-state index contributed by atoms with van der Waals surface area (Å²) in [7, 11) is 0. The van der Waals surface area contributed by atoms with Crippen LogP contribution in [0.5, 0.6) is 0 Å². The van der Waals surface area contributed by atoms with Gasteiger partial charge in [0, 0.05) is 5.02 Å². The van der Waals surface area contributed by atoms with Crippen LogP contribution in [0.1, 0.15) is 28.8 Å². The smallest absolute Gasteiger partial charge is 0.335 e. The minimum Gasteiger partial charge on any atom is -0.481 e. The molecule has 15 heavy (non-hydrogen) atoms. The zero-order valence-electron chi connectivity index (χ0n) is 7.90. The van der Waals surface area contributed by atoms with Crippen molar-refractivity contribution < 1.29 is 19.8 Å². The first kappa shape index (κ1) is 11.5. The van der Waals surface area contributed by atoms with Crippen LogP contribution in [0.4, 0.5) is 0 Å². The molecular weight excluding hydrogens is 220 g/mol. The van der Waals surface area contributed by atoms with Crippen LogP contribution in [0.3, 0.4) is 0 Å². The summed E-state index contributed by atoms with van der Waals surface area (Å²) in [5.74, 6) is -2.84. The van der Waals surface area contributed by atoms with E-state index in [0.29, 0.717) is 5.56 Å². The highest BCUT2D eigenvalue weighted by Crippen LogP contribution is 2.25. The average Bonchev–Trinajstić information content (AvgIpc) is 2.16. The summed E-state index contributed by atoms with van der Waals surface area (Å²) < 4.78 is 0. The Morgan fingerprint density at radius 3 is 2.33 bits per heavy atom. The fourth-order valence-electron chi connectivity index (χ4n) is 1.14. The molecule has 0 aliphatic heterocycles. The van der Waals surface area contributed by atoms with Crippen LogP contribution in [-0.2, 0) is 4.79 Å². The van der Waals surface area contributed by atoms with E-state index in [0.717, 1.165) is 0 Å². The van der Waals surface area contributed by atoms with Crippen molar-refractivity contribution in [1.82, 2.24) is 0 Å². The molecule has 0 saturated carbocycles. The molecule has 2 N–H and O–H groups in total. The molecule has 0 aromatic heterocycles. The average molecular weight is 229 g/mol. The van der Waals surface area contributed by atoms with Crippen LogP contribution < -0.4 is 0 Å². The van der Waals surface area contributed by atoms with E-state index in [9.17, 15) is 9.59 Å². The zero-order chi connectivity index (χ0) is 11.6. The predicted molar refractivity (Wildman–Crippen MR) is 54.5 cm³/mol. The third kappa shape index (κ3) is 2.47. The lowest BCUT2D eigenvalue weighted by Crippen LogP contribution is -2.08. The number of carbonyl (C=O) groups is 2. The molecule has 0 aliphatic carbocycles. The van der Waals surface area contributed by atoms with Gasteiger partial charge in [-0.05, 0) is 24.6 Å². The van der Waals surface area contributed by atoms with E-state index in [2.05, 4.69) is 0 Å². The van der Waals surface area contributed by atoms with Gasteiger partial charge in [0.25, 0.3) is 0 Å². The van der Waals surface area contributed by atoms with Crippen LogP contribution in [0.15, 0.2) is 18.2 Å². The van der Waals surface area contributed by atoms with Crippen molar-refractivity contribution in [2.75, 3.05) is 0 Å². The number of aromatic carboxylic acids is 1. The molecule has 0 spiro atoms. The molecule has 0 saturated heterocycles. The maximum atomic E-state index is 10.7. The van der Waals surface area contributed by atoms with Gasteiger partial charge in [-0.15, -0.1) is 0 Å². The van der Waals surface area contributed by atoms with Crippen molar-refractivity contribution in [3.05, 3.63) is 34.3 Å². The molecule has 5 heteroatoms. The Labute approximate surface area is 91.1 Å². The number of carboxylic acids is 2. The van der Waals surface area contributed by atoms with Gasteiger partial charge in [-0.1, -0.05) is 17.7 Å². The highest BCUT2D eigenvalue weighted by Gasteiger charge is 2.17. The van der Waals surface area contributed by atoms with Crippen molar-refractivity contribution in [2.24, 2.45) is 0 Å². The number of aliphatic carboxylic acids is 1. The third-order valence-corrected chi connectivity index (χ3v) is 2.41. The fraction of sp³-hybridized carbons (Fsp3) is 0.200. The Bertz CT molecular complexity index is 414. The second-order valence-electron chi connectivity index (χ2n) is 3.10. The highest BCUT2D eigenvalue weighted by atomic mass is 35.5. The predicted octanol–water partition coefficient (Wildman–Crippen LogP) is 2.23. The van der Waals surface area contributed by atoms with E-state index >= 15 is 0 Å². The van der Waals surface area contributed by atoms with Gasteiger partial charge in [0.15, 0.2) is 0 Å². The summed E-state index contributed by atoms with van der Waals surface area (Å²) in [4.78, 5) is 21.3. The van der Waals surface area contributed by atoms with Crippen molar-refractivity contribution in [3.8, 4) is 0 Å². The largest absolute Gasteiger partial charge is 0.481 e. The van der Waals surface area contributed by atoms with Gasteiger partial charge >= 0.3 is 11.9 Å². The maximum Gasteiger partial charge on any atom is 0.335 e. The fourth-order valence-corrected chi connectivity index (χ4v) is 1.49. The van der Waals surface area contributed by atoms with Crippen molar-refractivity contribution in [1.29, 1.82) is 0 Å². The standard InChI is InChI=1S/C10H9ClO4/c1-5(9(12)13)7-3-2-6(10(14)15)4-8(7)11/h2-5H,1H3,(H,12,13)(H,14,15). The third-order valence-electron chi connectivity index (χ3n) is 2.08. The monoisotopic (exact) mass is 228 g/mol. The molecule has 80 valence electrons. The molecular formula is C10H9ClO4. The van der Waals surface area contributed by atoms with Gasteiger partial charge in [0.05, 0.1) is 11.5 Å². The first-order chi connectivity index (χ1) is 6.93. The molecule has 1 atom stereocenters. The number of carboxylic acid groups (broad SMARTS) is 2. The lowest BCUT2D eigenvalue weighted by Gasteiger charge is -2.09. The zero-order valence-corrected chi connectivity index (χ0v) is 8.65. The Hall–Kier alpha value is -1.55.